The maximum atomic E-state index is 5.42. The van der Waals surface area contributed by atoms with Crippen molar-refractivity contribution < 1.29 is 14.2 Å². The number of ether oxygens (including phenoxy) is 3. The lowest BCUT2D eigenvalue weighted by Gasteiger charge is -2.31. The Kier molecular flexibility index (Phi) is 9.21. The quantitative estimate of drug-likeness (QED) is 0.502. The monoisotopic (exact) mass is 378 g/mol. The highest BCUT2D eigenvalue weighted by molar-refractivity contribution is 5.79. The first-order valence-electron chi connectivity index (χ1n) is 9.72. The molecule has 2 rings (SSSR count). The van der Waals surface area contributed by atoms with Crippen LogP contribution in [0.1, 0.15) is 19.4 Å². The third-order valence-corrected chi connectivity index (χ3v) is 4.68. The third-order valence-electron chi connectivity index (χ3n) is 4.68. The Bertz CT molecular complexity index is 589. The second kappa shape index (κ2) is 11.7. The second-order valence-corrected chi connectivity index (χ2v) is 6.58. The van der Waals surface area contributed by atoms with Gasteiger partial charge in [-0.05, 0) is 38.0 Å². The molecule has 1 aromatic rings. The van der Waals surface area contributed by atoms with Crippen LogP contribution in [0.15, 0.2) is 23.2 Å². The number of nitrogens with one attached hydrogen (secondary N) is 2. The van der Waals surface area contributed by atoms with Crippen LogP contribution < -0.4 is 20.1 Å². The lowest BCUT2D eigenvalue weighted by atomic mass is 10.1. The summed E-state index contributed by atoms with van der Waals surface area (Å²) in [6, 6.07) is 6.44. The largest absolute Gasteiger partial charge is 0.493 e. The van der Waals surface area contributed by atoms with E-state index in [0.29, 0.717) is 6.04 Å². The predicted molar refractivity (Wildman–Crippen MR) is 109 cm³/mol. The molecule has 1 fully saturated rings. The molecule has 0 aromatic heterocycles. The standard InChI is InChI=1S/C20H34N4O3/c1-5-21-20(23-15-16(2)24-10-12-27-13-11-24)22-9-8-17-6-7-18(25-3)19(14-17)26-4/h6-7,14,16H,5,8-13,15H2,1-4H3,(H2,21,22,23). The van der Waals surface area contributed by atoms with Gasteiger partial charge in [0.1, 0.15) is 0 Å². The fourth-order valence-electron chi connectivity index (χ4n) is 3.06. The third kappa shape index (κ3) is 6.92. The zero-order valence-electron chi connectivity index (χ0n) is 17.1. The molecule has 27 heavy (non-hydrogen) atoms. The van der Waals surface area contributed by atoms with Crippen LogP contribution in [0.2, 0.25) is 0 Å². The smallest absolute Gasteiger partial charge is 0.191 e. The lowest BCUT2D eigenvalue weighted by Crippen LogP contribution is -2.44. The van der Waals surface area contributed by atoms with Gasteiger partial charge in [-0.2, -0.15) is 0 Å². The number of hydrogen-bond donors (Lipinski definition) is 2. The molecule has 7 heteroatoms. The summed E-state index contributed by atoms with van der Waals surface area (Å²) in [5.41, 5.74) is 1.19. The van der Waals surface area contributed by atoms with Gasteiger partial charge in [-0.15, -0.1) is 0 Å². The Hall–Kier alpha value is -1.99. The number of aliphatic imine (C=N–C) groups is 1. The lowest BCUT2D eigenvalue weighted by molar-refractivity contribution is 0.0220. The topological polar surface area (TPSA) is 67.4 Å². The van der Waals surface area contributed by atoms with Gasteiger partial charge >= 0.3 is 0 Å². The van der Waals surface area contributed by atoms with E-state index in [1.807, 2.05) is 12.1 Å². The number of hydrogen-bond acceptors (Lipinski definition) is 5. The summed E-state index contributed by atoms with van der Waals surface area (Å²) in [6.45, 7) is 10.3. The Morgan fingerprint density at radius 2 is 1.93 bits per heavy atom. The first-order chi connectivity index (χ1) is 13.2. The van der Waals surface area contributed by atoms with E-state index < -0.39 is 0 Å². The molecule has 1 aromatic carbocycles. The van der Waals surface area contributed by atoms with Crippen LogP contribution in [-0.2, 0) is 11.2 Å². The number of morpholine rings is 1. The highest BCUT2D eigenvalue weighted by Crippen LogP contribution is 2.27. The number of guanidine groups is 1. The van der Waals surface area contributed by atoms with E-state index in [-0.39, 0.29) is 0 Å². The molecule has 2 N–H and O–H groups in total. The first kappa shape index (κ1) is 21.3. The Morgan fingerprint density at radius 3 is 2.59 bits per heavy atom. The van der Waals surface area contributed by atoms with Crippen LogP contribution in [0.4, 0.5) is 0 Å². The molecular weight excluding hydrogens is 344 g/mol. The molecule has 0 aliphatic carbocycles. The fraction of sp³-hybridized carbons (Fsp3) is 0.650. The molecule has 0 saturated carbocycles. The van der Waals surface area contributed by atoms with Gasteiger partial charge in [-0.25, -0.2) is 0 Å². The summed E-state index contributed by atoms with van der Waals surface area (Å²) >= 11 is 0. The van der Waals surface area contributed by atoms with Crippen LogP contribution in [0, 0.1) is 0 Å². The molecule has 1 atom stereocenters. The SMILES string of the molecule is CCNC(=NCC(C)N1CCOCC1)NCCc1ccc(OC)c(OC)c1. The number of rotatable bonds is 9. The molecule has 1 heterocycles. The normalized spacial score (nSPS) is 16.7. The summed E-state index contributed by atoms with van der Waals surface area (Å²) in [5, 5.41) is 6.74. The average Bonchev–Trinajstić information content (AvgIpc) is 2.72. The molecule has 0 amide bonds. The van der Waals surface area contributed by atoms with Crippen molar-refractivity contribution in [1.82, 2.24) is 15.5 Å². The molecule has 0 spiro atoms. The molecule has 1 saturated heterocycles. The van der Waals surface area contributed by atoms with Crippen LogP contribution >= 0.6 is 0 Å². The van der Waals surface area contributed by atoms with Crippen LogP contribution in [0.3, 0.4) is 0 Å². The molecule has 0 radical (unpaired) electrons. The fourth-order valence-corrected chi connectivity index (χ4v) is 3.06. The van der Waals surface area contributed by atoms with Crippen molar-refractivity contribution >= 4 is 5.96 Å². The number of nitrogens with zero attached hydrogens (tertiary/aromatic N) is 2. The van der Waals surface area contributed by atoms with E-state index in [1.165, 1.54) is 5.56 Å². The second-order valence-electron chi connectivity index (χ2n) is 6.58. The molecule has 1 unspecified atom stereocenters. The van der Waals surface area contributed by atoms with Gasteiger partial charge in [0, 0.05) is 32.2 Å². The van der Waals surface area contributed by atoms with Crippen molar-refractivity contribution in [3.8, 4) is 11.5 Å². The van der Waals surface area contributed by atoms with Crippen molar-refractivity contribution in [1.29, 1.82) is 0 Å². The van der Waals surface area contributed by atoms with E-state index in [0.717, 1.165) is 69.8 Å². The number of methoxy groups -OCH3 is 2. The average molecular weight is 379 g/mol. The molecule has 7 nitrogen and oxygen atoms in total. The summed E-state index contributed by atoms with van der Waals surface area (Å²) in [4.78, 5) is 7.18. The van der Waals surface area contributed by atoms with Gasteiger partial charge in [0.2, 0.25) is 0 Å². The number of benzene rings is 1. The van der Waals surface area contributed by atoms with E-state index in [2.05, 4.69) is 35.4 Å². The Balaban J connectivity index is 1.84. The van der Waals surface area contributed by atoms with E-state index in [1.54, 1.807) is 14.2 Å². The van der Waals surface area contributed by atoms with Gasteiger partial charge in [0.15, 0.2) is 17.5 Å². The van der Waals surface area contributed by atoms with Crippen molar-refractivity contribution in [2.45, 2.75) is 26.3 Å². The summed E-state index contributed by atoms with van der Waals surface area (Å²) < 4.78 is 16.1. The zero-order chi connectivity index (χ0) is 19.5. The van der Waals surface area contributed by atoms with E-state index in [9.17, 15) is 0 Å². The van der Waals surface area contributed by atoms with Crippen molar-refractivity contribution in [3.63, 3.8) is 0 Å². The first-order valence-corrected chi connectivity index (χ1v) is 9.72. The van der Waals surface area contributed by atoms with Gasteiger partial charge in [0.05, 0.1) is 34.0 Å². The van der Waals surface area contributed by atoms with Crippen LogP contribution in [0.25, 0.3) is 0 Å². The highest BCUT2D eigenvalue weighted by atomic mass is 16.5. The van der Waals surface area contributed by atoms with Gasteiger partial charge in [-0.3, -0.25) is 9.89 Å². The minimum Gasteiger partial charge on any atom is -0.493 e. The van der Waals surface area contributed by atoms with Crippen LogP contribution in [-0.4, -0.2) is 77.1 Å². The molecule has 152 valence electrons. The van der Waals surface area contributed by atoms with Crippen molar-refractivity contribution in [2.75, 3.05) is 60.2 Å². The van der Waals surface area contributed by atoms with Crippen molar-refractivity contribution in [3.05, 3.63) is 23.8 Å². The molecule has 1 aliphatic heterocycles. The highest BCUT2D eigenvalue weighted by Gasteiger charge is 2.16. The van der Waals surface area contributed by atoms with Crippen molar-refractivity contribution in [2.24, 2.45) is 4.99 Å². The van der Waals surface area contributed by atoms with Gasteiger partial charge < -0.3 is 24.8 Å². The van der Waals surface area contributed by atoms with Gasteiger partial charge in [-0.1, -0.05) is 6.07 Å². The molecule has 1 aliphatic rings. The molecule has 0 bridgehead atoms. The summed E-state index contributed by atoms with van der Waals surface area (Å²) in [6.07, 6.45) is 0.879. The molecular formula is C20H34N4O3. The van der Waals surface area contributed by atoms with Crippen LogP contribution in [0.5, 0.6) is 11.5 Å². The Morgan fingerprint density at radius 1 is 1.19 bits per heavy atom. The maximum absolute atomic E-state index is 5.42. The van der Waals surface area contributed by atoms with E-state index in [4.69, 9.17) is 19.2 Å². The minimum atomic E-state index is 0.412. The Labute approximate surface area is 163 Å². The summed E-state index contributed by atoms with van der Waals surface area (Å²) in [7, 11) is 3.31. The van der Waals surface area contributed by atoms with Gasteiger partial charge in [0.25, 0.3) is 0 Å². The summed E-state index contributed by atoms with van der Waals surface area (Å²) in [5.74, 6) is 2.37. The maximum Gasteiger partial charge on any atom is 0.191 e. The van der Waals surface area contributed by atoms with E-state index >= 15 is 0 Å². The predicted octanol–water partition coefficient (Wildman–Crippen LogP) is 1.52. The zero-order valence-corrected chi connectivity index (χ0v) is 17.1. The minimum absolute atomic E-state index is 0.412.